The summed E-state index contributed by atoms with van der Waals surface area (Å²) in [7, 11) is 0. The van der Waals surface area contributed by atoms with Gasteiger partial charge in [0.05, 0.1) is 24.8 Å². The van der Waals surface area contributed by atoms with Crippen LogP contribution in [0.15, 0.2) is 18.2 Å². The Hall–Kier alpha value is -1.59. The van der Waals surface area contributed by atoms with Gasteiger partial charge in [-0.1, -0.05) is 6.07 Å². The second kappa shape index (κ2) is 5.48. The van der Waals surface area contributed by atoms with E-state index in [9.17, 15) is 9.90 Å². The summed E-state index contributed by atoms with van der Waals surface area (Å²) >= 11 is 0. The highest BCUT2D eigenvalue weighted by molar-refractivity contribution is 5.97. The van der Waals surface area contributed by atoms with Gasteiger partial charge in [0.1, 0.15) is 5.75 Å². The predicted octanol–water partition coefficient (Wildman–Crippen LogP) is -0.216. The van der Waals surface area contributed by atoms with Gasteiger partial charge < -0.3 is 20.6 Å². The third kappa shape index (κ3) is 2.95. The molecule has 0 saturated heterocycles. The lowest BCUT2D eigenvalue weighted by Crippen LogP contribution is -2.40. The number of nitrogens with one attached hydrogen (secondary N) is 1. The molecule has 1 rings (SSSR count). The third-order valence-electron chi connectivity index (χ3n) is 2.17. The van der Waals surface area contributed by atoms with Gasteiger partial charge in [-0.3, -0.25) is 4.79 Å². The van der Waals surface area contributed by atoms with Crippen LogP contribution in [0.1, 0.15) is 15.9 Å². The van der Waals surface area contributed by atoms with Crippen LogP contribution in [0.5, 0.6) is 5.75 Å². The fraction of sp³-hybridized carbons (Fsp3) is 0.364. The molecule has 16 heavy (non-hydrogen) atoms. The standard InChI is InChI=1S/C11H15NO4/c1-7-2-3-9(10(15)4-7)11(16)12-8(5-13)6-14/h2-4,8,13-15H,5-6H2,1H3,(H,12,16). The van der Waals surface area contributed by atoms with Crippen LogP contribution in [0.3, 0.4) is 0 Å². The lowest BCUT2D eigenvalue weighted by Gasteiger charge is -2.13. The lowest BCUT2D eigenvalue weighted by atomic mass is 10.1. The van der Waals surface area contributed by atoms with Crippen molar-refractivity contribution in [1.82, 2.24) is 5.32 Å². The maximum atomic E-state index is 11.6. The molecule has 4 N–H and O–H groups in total. The molecule has 0 radical (unpaired) electrons. The highest BCUT2D eigenvalue weighted by Crippen LogP contribution is 2.18. The van der Waals surface area contributed by atoms with E-state index in [1.54, 1.807) is 13.0 Å². The SMILES string of the molecule is Cc1ccc(C(=O)NC(CO)CO)c(O)c1. The molecule has 5 heteroatoms. The van der Waals surface area contributed by atoms with Gasteiger partial charge in [-0.25, -0.2) is 0 Å². The van der Waals surface area contributed by atoms with Gasteiger partial charge in [0, 0.05) is 0 Å². The first kappa shape index (κ1) is 12.5. The van der Waals surface area contributed by atoms with Crippen molar-refractivity contribution in [3.63, 3.8) is 0 Å². The Bertz CT molecular complexity index is 374. The Morgan fingerprint density at radius 2 is 2.00 bits per heavy atom. The van der Waals surface area contributed by atoms with E-state index in [0.29, 0.717) is 0 Å². The van der Waals surface area contributed by atoms with Crippen molar-refractivity contribution < 1.29 is 20.1 Å². The second-order valence-electron chi connectivity index (χ2n) is 3.56. The normalized spacial score (nSPS) is 10.5. The molecule has 0 unspecified atom stereocenters. The van der Waals surface area contributed by atoms with E-state index in [1.165, 1.54) is 12.1 Å². The maximum absolute atomic E-state index is 11.6. The topological polar surface area (TPSA) is 89.8 Å². The molecular formula is C11H15NO4. The smallest absolute Gasteiger partial charge is 0.255 e. The van der Waals surface area contributed by atoms with Crippen LogP contribution in [0.4, 0.5) is 0 Å². The summed E-state index contributed by atoms with van der Waals surface area (Å²) in [6.45, 7) is 1.09. The fourth-order valence-corrected chi connectivity index (χ4v) is 1.25. The first-order valence-electron chi connectivity index (χ1n) is 4.90. The molecule has 0 fully saturated rings. The molecule has 0 spiro atoms. The van der Waals surface area contributed by atoms with Crippen molar-refractivity contribution in [1.29, 1.82) is 0 Å². The van der Waals surface area contributed by atoms with E-state index in [-0.39, 0.29) is 24.5 Å². The molecule has 88 valence electrons. The summed E-state index contributed by atoms with van der Waals surface area (Å²) in [5.74, 6) is -0.641. The molecule has 1 amide bonds. The minimum atomic E-state index is -0.715. The molecule has 0 aliphatic rings. The summed E-state index contributed by atoms with van der Waals surface area (Å²) in [5.41, 5.74) is 0.965. The average Bonchev–Trinajstić information content (AvgIpc) is 2.25. The van der Waals surface area contributed by atoms with E-state index in [2.05, 4.69) is 5.32 Å². The Labute approximate surface area is 93.4 Å². The van der Waals surface area contributed by atoms with Crippen molar-refractivity contribution in [2.45, 2.75) is 13.0 Å². The Morgan fingerprint density at radius 1 is 1.38 bits per heavy atom. The molecule has 0 atom stereocenters. The summed E-state index contributed by atoms with van der Waals surface area (Å²) in [6, 6.07) is 3.95. The van der Waals surface area contributed by atoms with Gasteiger partial charge >= 0.3 is 0 Å². The van der Waals surface area contributed by atoms with Gasteiger partial charge in [-0.15, -0.1) is 0 Å². The zero-order valence-corrected chi connectivity index (χ0v) is 8.97. The maximum Gasteiger partial charge on any atom is 0.255 e. The number of carbonyl (C=O) groups is 1. The molecule has 5 nitrogen and oxygen atoms in total. The third-order valence-corrected chi connectivity index (χ3v) is 2.17. The molecule has 0 saturated carbocycles. The number of aromatic hydroxyl groups is 1. The van der Waals surface area contributed by atoms with E-state index in [0.717, 1.165) is 5.56 Å². The number of carbonyl (C=O) groups excluding carboxylic acids is 1. The van der Waals surface area contributed by atoms with Crippen LogP contribution in [0.2, 0.25) is 0 Å². The molecule has 1 aromatic carbocycles. The van der Waals surface area contributed by atoms with E-state index in [4.69, 9.17) is 10.2 Å². The first-order chi connectivity index (χ1) is 7.58. The zero-order chi connectivity index (χ0) is 12.1. The number of phenolic OH excluding ortho intramolecular Hbond substituents is 1. The van der Waals surface area contributed by atoms with Crippen LogP contribution in [-0.2, 0) is 0 Å². The Kier molecular flexibility index (Phi) is 4.28. The number of rotatable bonds is 4. The monoisotopic (exact) mass is 225 g/mol. The van der Waals surface area contributed by atoms with Gasteiger partial charge in [0.15, 0.2) is 0 Å². The van der Waals surface area contributed by atoms with Gasteiger partial charge in [0.25, 0.3) is 5.91 Å². The first-order valence-corrected chi connectivity index (χ1v) is 4.90. The minimum absolute atomic E-state index is 0.118. The summed E-state index contributed by atoms with van der Waals surface area (Å²) in [5, 5.41) is 29.5. The van der Waals surface area contributed by atoms with Crippen LogP contribution >= 0.6 is 0 Å². The number of amides is 1. The number of hydrogen-bond donors (Lipinski definition) is 4. The summed E-state index contributed by atoms with van der Waals surface area (Å²) in [4.78, 5) is 11.6. The molecule has 0 aliphatic heterocycles. The predicted molar refractivity (Wildman–Crippen MR) is 58.3 cm³/mol. The molecule has 1 aromatic rings. The number of aryl methyl sites for hydroxylation is 1. The summed E-state index contributed by atoms with van der Waals surface area (Å²) < 4.78 is 0. The number of benzene rings is 1. The van der Waals surface area contributed by atoms with Gasteiger partial charge in [-0.05, 0) is 24.6 Å². The zero-order valence-electron chi connectivity index (χ0n) is 8.97. The fourth-order valence-electron chi connectivity index (χ4n) is 1.25. The van der Waals surface area contributed by atoms with Crippen LogP contribution < -0.4 is 5.32 Å². The summed E-state index contributed by atoms with van der Waals surface area (Å²) in [6.07, 6.45) is 0. The Balaban J connectivity index is 2.80. The van der Waals surface area contributed by atoms with Crippen LogP contribution in [-0.4, -0.2) is 40.5 Å². The Morgan fingerprint density at radius 3 is 2.50 bits per heavy atom. The van der Waals surface area contributed by atoms with Crippen LogP contribution in [0, 0.1) is 6.92 Å². The highest BCUT2D eigenvalue weighted by atomic mass is 16.3. The van der Waals surface area contributed by atoms with E-state index >= 15 is 0 Å². The second-order valence-corrected chi connectivity index (χ2v) is 3.56. The van der Waals surface area contributed by atoms with E-state index in [1.807, 2.05) is 0 Å². The van der Waals surface area contributed by atoms with Crippen molar-refractivity contribution in [2.24, 2.45) is 0 Å². The largest absolute Gasteiger partial charge is 0.507 e. The van der Waals surface area contributed by atoms with Gasteiger partial charge in [0.2, 0.25) is 0 Å². The van der Waals surface area contributed by atoms with E-state index < -0.39 is 11.9 Å². The lowest BCUT2D eigenvalue weighted by molar-refractivity contribution is 0.0876. The molecule has 0 heterocycles. The van der Waals surface area contributed by atoms with Crippen LogP contribution in [0.25, 0.3) is 0 Å². The number of hydrogen-bond acceptors (Lipinski definition) is 4. The minimum Gasteiger partial charge on any atom is -0.507 e. The number of aliphatic hydroxyl groups excluding tert-OH is 2. The average molecular weight is 225 g/mol. The van der Waals surface area contributed by atoms with Gasteiger partial charge in [-0.2, -0.15) is 0 Å². The molecule has 0 bridgehead atoms. The van der Waals surface area contributed by atoms with Crippen molar-refractivity contribution >= 4 is 5.91 Å². The highest BCUT2D eigenvalue weighted by Gasteiger charge is 2.14. The molecular weight excluding hydrogens is 210 g/mol. The molecule has 0 aromatic heterocycles. The molecule has 0 aliphatic carbocycles. The van der Waals surface area contributed by atoms with Crippen molar-refractivity contribution in [2.75, 3.05) is 13.2 Å². The number of phenols is 1. The quantitative estimate of drug-likeness (QED) is 0.570. The number of aliphatic hydroxyl groups is 2. The van der Waals surface area contributed by atoms with Crippen molar-refractivity contribution in [3.8, 4) is 5.75 Å². The van der Waals surface area contributed by atoms with Crippen molar-refractivity contribution in [3.05, 3.63) is 29.3 Å².